The standard InChI is InChI=1S/C16H14F3N3O2/c1-3-5-14(23)21-11-8-10(6-7-12(11)24-4-2)15-20-9-13(22-15)16(17,18)19/h6-9H,4H2,1-2H3,(H,20,22)(H,21,23). The van der Waals surface area contributed by atoms with Crippen LogP contribution in [0.5, 0.6) is 5.75 Å². The molecule has 2 N–H and O–H groups in total. The fourth-order valence-electron chi connectivity index (χ4n) is 1.94. The maximum Gasteiger partial charge on any atom is 0.432 e. The van der Waals surface area contributed by atoms with E-state index in [0.717, 1.165) is 0 Å². The van der Waals surface area contributed by atoms with E-state index in [-0.39, 0.29) is 5.82 Å². The number of nitrogens with one attached hydrogen (secondary N) is 2. The fourth-order valence-corrected chi connectivity index (χ4v) is 1.94. The highest BCUT2D eigenvalue weighted by molar-refractivity contribution is 6.05. The quantitative estimate of drug-likeness (QED) is 0.840. The van der Waals surface area contributed by atoms with Gasteiger partial charge in [-0.05, 0) is 38.0 Å². The summed E-state index contributed by atoms with van der Waals surface area (Å²) >= 11 is 0. The Kier molecular flexibility index (Phi) is 5.14. The lowest BCUT2D eigenvalue weighted by molar-refractivity contribution is -0.140. The van der Waals surface area contributed by atoms with Crippen LogP contribution < -0.4 is 10.1 Å². The number of ether oxygens (including phenoxy) is 1. The molecule has 0 fully saturated rings. The first-order chi connectivity index (χ1) is 11.3. The van der Waals surface area contributed by atoms with Crippen LogP contribution in [0.3, 0.4) is 0 Å². The number of hydrogen-bond donors (Lipinski definition) is 2. The molecule has 126 valence electrons. The SMILES string of the molecule is CC#CC(=O)Nc1cc(-c2ncc(C(F)(F)F)[nH]2)ccc1OCC. The van der Waals surface area contributed by atoms with E-state index in [0.29, 0.717) is 29.8 Å². The Hall–Kier alpha value is -2.95. The summed E-state index contributed by atoms with van der Waals surface area (Å²) in [5.74, 6) is 4.64. The van der Waals surface area contributed by atoms with Crippen LogP contribution in [-0.2, 0) is 11.0 Å². The predicted molar refractivity (Wildman–Crippen MR) is 82.3 cm³/mol. The Balaban J connectivity index is 2.39. The van der Waals surface area contributed by atoms with Gasteiger partial charge in [-0.15, -0.1) is 0 Å². The van der Waals surface area contributed by atoms with E-state index in [9.17, 15) is 18.0 Å². The summed E-state index contributed by atoms with van der Waals surface area (Å²) in [6.07, 6.45) is -3.79. The second-order valence-electron chi connectivity index (χ2n) is 4.62. The summed E-state index contributed by atoms with van der Waals surface area (Å²) in [5.41, 5.74) is -0.283. The topological polar surface area (TPSA) is 67.0 Å². The third kappa shape index (κ3) is 4.07. The van der Waals surface area contributed by atoms with Crippen molar-refractivity contribution in [3.05, 3.63) is 30.1 Å². The van der Waals surface area contributed by atoms with Crippen molar-refractivity contribution in [1.29, 1.82) is 0 Å². The van der Waals surface area contributed by atoms with Crippen LogP contribution in [0.15, 0.2) is 24.4 Å². The number of H-pyrrole nitrogens is 1. The molecule has 1 amide bonds. The van der Waals surface area contributed by atoms with E-state index in [1.807, 2.05) is 0 Å². The second-order valence-corrected chi connectivity index (χ2v) is 4.62. The molecule has 1 aromatic heterocycles. The molecule has 0 saturated carbocycles. The van der Waals surface area contributed by atoms with Crippen LogP contribution in [0, 0.1) is 11.8 Å². The molecule has 0 atom stereocenters. The van der Waals surface area contributed by atoms with Gasteiger partial charge in [-0.2, -0.15) is 13.2 Å². The number of rotatable bonds is 4. The average Bonchev–Trinajstić information content (AvgIpc) is 2.99. The molecule has 0 aliphatic rings. The van der Waals surface area contributed by atoms with Crippen molar-refractivity contribution in [2.24, 2.45) is 0 Å². The molecule has 0 aliphatic heterocycles. The van der Waals surface area contributed by atoms with Crippen molar-refractivity contribution in [3.63, 3.8) is 0 Å². The third-order valence-electron chi connectivity index (χ3n) is 2.92. The van der Waals surface area contributed by atoms with E-state index in [1.165, 1.54) is 13.0 Å². The minimum atomic E-state index is -4.51. The zero-order valence-corrected chi connectivity index (χ0v) is 12.9. The van der Waals surface area contributed by atoms with Crippen LogP contribution in [0.1, 0.15) is 19.5 Å². The number of aromatic nitrogens is 2. The minimum absolute atomic E-state index is 0.0300. The number of hydrogen-bond acceptors (Lipinski definition) is 3. The molecule has 0 aliphatic carbocycles. The smallest absolute Gasteiger partial charge is 0.432 e. The van der Waals surface area contributed by atoms with Crippen LogP contribution in [0.2, 0.25) is 0 Å². The molecule has 0 spiro atoms. The van der Waals surface area contributed by atoms with E-state index < -0.39 is 17.8 Å². The lowest BCUT2D eigenvalue weighted by Crippen LogP contribution is -2.10. The molecule has 8 heteroatoms. The lowest BCUT2D eigenvalue weighted by Gasteiger charge is -2.11. The first kappa shape index (κ1) is 17.4. The Labute approximate surface area is 136 Å². The number of carbonyl (C=O) groups excluding carboxylic acids is 1. The normalized spacial score (nSPS) is 10.7. The number of halogens is 3. The molecule has 1 heterocycles. The number of nitrogens with zero attached hydrogens (tertiary/aromatic N) is 1. The van der Waals surface area contributed by atoms with Crippen molar-refractivity contribution in [1.82, 2.24) is 9.97 Å². The Morgan fingerprint density at radius 1 is 1.42 bits per heavy atom. The van der Waals surface area contributed by atoms with Gasteiger partial charge in [0.15, 0.2) is 0 Å². The van der Waals surface area contributed by atoms with E-state index >= 15 is 0 Å². The molecular weight excluding hydrogens is 323 g/mol. The Bertz CT molecular complexity index is 801. The minimum Gasteiger partial charge on any atom is -0.492 e. The zero-order chi connectivity index (χ0) is 17.7. The Morgan fingerprint density at radius 3 is 2.75 bits per heavy atom. The van der Waals surface area contributed by atoms with Gasteiger partial charge in [-0.3, -0.25) is 4.79 Å². The van der Waals surface area contributed by atoms with E-state index in [2.05, 4.69) is 27.1 Å². The zero-order valence-electron chi connectivity index (χ0n) is 12.9. The molecule has 2 rings (SSSR count). The van der Waals surface area contributed by atoms with E-state index in [4.69, 9.17) is 4.74 Å². The van der Waals surface area contributed by atoms with Gasteiger partial charge in [0.05, 0.1) is 18.5 Å². The number of alkyl halides is 3. The molecule has 2 aromatic rings. The fraction of sp³-hybridized carbons (Fsp3) is 0.250. The summed E-state index contributed by atoms with van der Waals surface area (Å²) in [6.45, 7) is 3.65. The van der Waals surface area contributed by atoms with Gasteiger partial charge in [-0.25, -0.2) is 4.98 Å². The summed E-state index contributed by atoms with van der Waals surface area (Å²) in [6, 6.07) is 4.56. The molecule has 0 unspecified atom stereocenters. The highest BCUT2D eigenvalue weighted by Crippen LogP contribution is 2.32. The van der Waals surface area contributed by atoms with Crippen LogP contribution in [0.4, 0.5) is 18.9 Å². The van der Waals surface area contributed by atoms with Gasteiger partial charge in [0.2, 0.25) is 0 Å². The number of anilines is 1. The molecular formula is C16H14F3N3O2. The maximum atomic E-state index is 12.7. The molecule has 0 saturated heterocycles. The number of benzene rings is 1. The van der Waals surface area contributed by atoms with Crippen molar-refractivity contribution in [2.45, 2.75) is 20.0 Å². The van der Waals surface area contributed by atoms with Gasteiger partial charge >= 0.3 is 6.18 Å². The summed E-state index contributed by atoms with van der Waals surface area (Å²) < 4.78 is 43.4. The number of carbonyl (C=O) groups is 1. The Morgan fingerprint density at radius 2 is 2.17 bits per heavy atom. The van der Waals surface area contributed by atoms with Gasteiger partial charge in [-0.1, -0.05) is 5.92 Å². The monoisotopic (exact) mass is 337 g/mol. The summed E-state index contributed by atoms with van der Waals surface area (Å²) in [7, 11) is 0. The highest BCUT2D eigenvalue weighted by Gasteiger charge is 2.33. The predicted octanol–water partition coefficient (Wildman–Crippen LogP) is 3.46. The van der Waals surface area contributed by atoms with Gasteiger partial charge in [0.1, 0.15) is 17.3 Å². The molecule has 5 nitrogen and oxygen atoms in total. The number of aromatic amines is 1. The largest absolute Gasteiger partial charge is 0.492 e. The van der Waals surface area contributed by atoms with Gasteiger partial charge in [0, 0.05) is 5.56 Å². The first-order valence-electron chi connectivity index (χ1n) is 6.98. The van der Waals surface area contributed by atoms with Crippen molar-refractivity contribution < 1.29 is 22.7 Å². The van der Waals surface area contributed by atoms with E-state index in [1.54, 1.807) is 19.1 Å². The summed E-state index contributed by atoms with van der Waals surface area (Å²) in [4.78, 5) is 17.6. The first-order valence-corrected chi connectivity index (χ1v) is 6.98. The van der Waals surface area contributed by atoms with Crippen LogP contribution in [0.25, 0.3) is 11.4 Å². The molecule has 0 radical (unpaired) electrons. The van der Waals surface area contributed by atoms with Crippen molar-refractivity contribution >= 4 is 11.6 Å². The molecule has 1 aromatic carbocycles. The summed E-state index contributed by atoms with van der Waals surface area (Å²) in [5, 5.41) is 2.54. The van der Waals surface area contributed by atoms with Gasteiger partial charge < -0.3 is 15.0 Å². The third-order valence-corrected chi connectivity index (χ3v) is 2.92. The second kappa shape index (κ2) is 7.08. The van der Waals surface area contributed by atoms with Crippen LogP contribution >= 0.6 is 0 Å². The van der Waals surface area contributed by atoms with Crippen molar-refractivity contribution in [3.8, 4) is 29.0 Å². The lowest BCUT2D eigenvalue weighted by atomic mass is 10.1. The highest BCUT2D eigenvalue weighted by atomic mass is 19.4. The van der Waals surface area contributed by atoms with Crippen LogP contribution in [-0.4, -0.2) is 22.5 Å². The number of amides is 1. The van der Waals surface area contributed by atoms with Crippen molar-refractivity contribution in [2.75, 3.05) is 11.9 Å². The molecule has 0 bridgehead atoms. The molecule has 24 heavy (non-hydrogen) atoms. The maximum absolute atomic E-state index is 12.7. The number of imidazole rings is 1. The van der Waals surface area contributed by atoms with Gasteiger partial charge in [0.25, 0.3) is 5.91 Å². The average molecular weight is 337 g/mol.